The van der Waals surface area contributed by atoms with Gasteiger partial charge in [-0.15, -0.1) is 0 Å². The van der Waals surface area contributed by atoms with E-state index in [0.717, 1.165) is 0 Å². The number of rotatable bonds is 4. The van der Waals surface area contributed by atoms with E-state index in [1.165, 1.54) is 13.2 Å². The number of nitrogens with one attached hydrogen (secondary N) is 2. The predicted octanol–water partition coefficient (Wildman–Crippen LogP) is 0.137. The number of hydrogen-bond acceptors (Lipinski definition) is 5. The first-order valence-electron chi connectivity index (χ1n) is 5.70. The Kier molecular flexibility index (Phi) is 3.91. The van der Waals surface area contributed by atoms with Gasteiger partial charge in [0.15, 0.2) is 0 Å². The van der Waals surface area contributed by atoms with Crippen LogP contribution in [0.1, 0.15) is 6.42 Å². The average Bonchev–Trinajstić information content (AvgIpc) is 2.38. The molecule has 0 saturated heterocycles. The van der Waals surface area contributed by atoms with Gasteiger partial charge < -0.3 is 15.2 Å². The average molecular weight is 285 g/mol. The second-order valence-electron chi connectivity index (χ2n) is 3.90. The molecule has 0 aliphatic carbocycles. The monoisotopic (exact) mass is 285 g/mol. The quantitative estimate of drug-likeness (QED) is 0.683. The van der Waals surface area contributed by atoms with Crippen LogP contribution in [0.5, 0.6) is 5.75 Å². The number of benzene rings is 1. The van der Waals surface area contributed by atoms with E-state index in [1.807, 2.05) is 0 Å². The molecule has 1 heterocycles. The normalized spacial score (nSPS) is 18.3. The molecule has 0 saturated carbocycles. The first kappa shape index (κ1) is 13.6. The summed E-state index contributed by atoms with van der Waals surface area (Å²) in [5, 5.41) is 11.6. The fourth-order valence-electron chi connectivity index (χ4n) is 1.62. The van der Waals surface area contributed by atoms with Crippen molar-refractivity contribution in [2.75, 3.05) is 25.6 Å². The lowest BCUT2D eigenvalue weighted by Gasteiger charge is -2.21. The van der Waals surface area contributed by atoms with E-state index in [2.05, 4.69) is 15.0 Å². The van der Waals surface area contributed by atoms with Crippen LogP contribution in [-0.2, 0) is 10.0 Å². The Balaban J connectivity index is 2.33. The van der Waals surface area contributed by atoms with Crippen molar-refractivity contribution in [1.29, 1.82) is 0 Å². The lowest BCUT2D eigenvalue weighted by molar-refractivity contribution is 0.291. The maximum absolute atomic E-state index is 12.0. The van der Waals surface area contributed by atoms with Gasteiger partial charge in [0.1, 0.15) is 10.6 Å². The molecule has 0 bridgehead atoms. The number of guanidine groups is 1. The van der Waals surface area contributed by atoms with Crippen molar-refractivity contribution in [3.8, 4) is 5.75 Å². The van der Waals surface area contributed by atoms with Gasteiger partial charge in [0, 0.05) is 19.2 Å². The molecule has 1 aliphatic rings. The number of sulfonamides is 1. The highest BCUT2D eigenvalue weighted by molar-refractivity contribution is 7.90. The third-order valence-corrected chi connectivity index (χ3v) is 3.93. The lowest BCUT2D eigenvalue weighted by Crippen LogP contribution is -2.40. The number of methoxy groups -OCH3 is 1. The number of aliphatic hydroxyl groups is 1. The molecule has 1 aromatic rings. The van der Waals surface area contributed by atoms with E-state index in [0.29, 0.717) is 24.4 Å². The van der Waals surface area contributed by atoms with Crippen LogP contribution in [0.3, 0.4) is 0 Å². The fraction of sp³-hybridized carbons (Fsp3) is 0.364. The van der Waals surface area contributed by atoms with Crippen LogP contribution in [0.4, 0.5) is 5.69 Å². The molecule has 19 heavy (non-hydrogen) atoms. The standard InChI is InChI=1S/C11H15N3O4S/c1-18-8-3-4-9-10(7-8)19(16,17)14-11(13-9)12-5-2-6-15/h3-4,7,15H,2,5-6H2,1H3,(H2,12,13,14). The van der Waals surface area contributed by atoms with Gasteiger partial charge in [0.05, 0.1) is 12.8 Å². The first-order valence-corrected chi connectivity index (χ1v) is 7.18. The van der Waals surface area contributed by atoms with Gasteiger partial charge in [-0.3, -0.25) is 4.99 Å². The number of nitrogens with zero attached hydrogens (tertiary/aromatic N) is 1. The zero-order chi connectivity index (χ0) is 13.9. The minimum Gasteiger partial charge on any atom is -0.497 e. The highest BCUT2D eigenvalue weighted by Crippen LogP contribution is 2.28. The second-order valence-corrected chi connectivity index (χ2v) is 5.55. The highest BCUT2D eigenvalue weighted by atomic mass is 32.2. The third kappa shape index (κ3) is 2.96. The van der Waals surface area contributed by atoms with Gasteiger partial charge in [-0.25, -0.2) is 13.1 Å². The van der Waals surface area contributed by atoms with Crippen LogP contribution in [-0.4, -0.2) is 39.7 Å². The Bertz CT molecular complexity index is 598. The Morgan fingerprint density at radius 3 is 2.89 bits per heavy atom. The van der Waals surface area contributed by atoms with Gasteiger partial charge in [0.25, 0.3) is 10.0 Å². The number of aliphatic imine (C=N–C) groups is 1. The van der Waals surface area contributed by atoms with E-state index in [1.54, 1.807) is 12.1 Å². The highest BCUT2D eigenvalue weighted by Gasteiger charge is 2.26. The molecule has 0 fully saturated rings. The number of anilines is 1. The summed E-state index contributed by atoms with van der Waals surface area (Å²) in [6.45, 7) is 0.351. The van der Waals surface area contributed by atoms with Crippen molar-refractivity contribution in [3.05, 3.63) is 18.2 Å². The van der Waals surface area contributed by atoms with E-state index < -0.39 is 10.0 Å². The maximum atomic E-state index is 12.0. The molecular formula is C11H15N3O4S. The summed E-state index contributed by atoms with van der Waals surface area (Å²) >= 11 is 0. The molecule has 0 spiro atoms. The van der Waals surface area contributed by atoms with E-state index >= 15 is 0 Å². The summed E-state index contributed by atoms with van der Waals surface area (Å²) in [6.07, 6.45) is 0.475. The second kappa shape index (κ2) is 5.45. The molecule has 7 nitrogen and oxygen atoms in total. The number of aliphatic hydroxyl groups excluding tert-OH is 1. The molecule has 1 aromatic carbocycles. The van der Waals surface area contributed by atoms with Crippen LogP contribution in [0, 0.1) is 0 Å². The number of fused-ring (bicyclic) bond motifs is 1. The maximum Gasteiger partial charge on any atom is 0.266 e. The third-order valence-electron chi connectivity index (χ3n) is 2.55. The molecule has 0 radical (unpaired) electrons. The van der Waals surface area contributed by atoms with Crippen LogP contribution >= 0.6 is 0 Å². The van der Waals surface area contributed by atoms with Gasteiger partial charge in [-0.2, -0.15) is 0 Å². The summed E-state index contributed by atoms with van der Waals surface area (Å²) < 4.78 is 31.4. The first-order chi connectivity index (χ1) is 9.06. The molecule has 0 unspecified atom stereocenters. The summed E-state index contributed by atoms with van der Waals surface area (Å²) in [6, 6.07) is 4.72. The Labute approximate surface area is 111 Å². The molecule has 0 atom stereocenters. The van der Waals surface area contributed by atoms with Crippen molar-refractivity contribution in [2.24, 2.45) is 4.99 Å². The van der Waals surface area contributed by atoms with Crippen LogP contribution in [0.2, 0.25) is 0 Å². The molecular weight excluding hydrogens is 270 g/mol. The van der Waals surface area contributed by atoms with Crippen molar-refractivity contribution in [3.63, 3.8) is 0 Å². The van der Waals surface area contributed by atoms with Gasteiger partial charge >= 0.3 is 0 Å². The molecule has 104 valence electrons. The molecule has 0 aromatic heterocycles. The topological polar surface area (TPSA) is 100 Å². The van der Waals surface area contributed by atoms with Crippen molar-refractivity contribution in [1.82, 2.24) is 4.72 Å². The molecule has 0 amide bonds. The largest absolute Gasteiger partial charge is 0.497 e. The summed E-state index contributed by atoms with van der Waals surface area (Å²) in [7, 11) is -2.17. The molecule has 1 aliphatic heterocycles. The predicted molar refractivity (Wildman–Crippen MR) is 70.9 cm³/mol. The van der Waals surface area contributed by atoms with Crippen LogP contribution < -0.4 is 14.8 Å². The van der Waals surface area contributed by atoms with Crippen molar-refractivity contribution in [2.45, 2.75) is 11.3 Å². The summed E-state index contributed by atoms with van der Waals surface area (Å²) in [5.41, 5.74) is 0.447. The van der Waals surface area contributed by atoms with Crippen LogP contribution in [0.15, 0.2) is 28.1 Å². The van der Waals surface area contributed by atoms with E-state index in [-0.39, 0.29) is 17.5 Å². The number of hydrogen-bond donors (Lipinski definition) is 3. The Hall–Kier alpha value is -1.80. The summed E-state index contributed by atoms with van der Waals surface area (Å²) in [4.78, 5) is 4.15. The zero-order valence-electron chi connectivity index (χ0n) is 10.4. The minimum absolute atomic E-state index is 0.0112. The number of ether oxygens (including phenoxy) is 1. The molecule has 2 rings (SSSR count). The van der Waals surface area contributed by atoms with Gasteiger partial charge in [0.2, 0.25) is 5.96 Å². The van der Waals surface area contributed by atoms with E-state index in [4.69, 9.17) is 9.84 Å². The minimum atomic E-state index is -3.65. The van der Waals surface area contributed by atoms with Gasteiger partial charge in [-0.1, -0.05) is 0 Å². The smallest absolute Gasteiger partial charge is 0.266 e. The van der Waals surface area contributed by atoms with Gasteiger partial charge in [-0.05, 0) is 18.6 Å². The SMILES string of the molecule is COc1ccc2c(c1)S(=O)(=O)NC(=NCCCO)N2. The van der Waals surface area contributed by atoms with E-state index in [9.17, 15) is 8.42 Å². The lowest BCUT2D eigenvalue weighted by atomic mass is 10.3. The molecule has 3 N–H and O–H groups in total. The Morgan fingerprint density at radius 2 is 2.21 bits per heavy atom. The molecule has 8 heteroatoms. The van der Waals surface area contributed by atoms with Crippen molar-refractivity contribution < 1.29 is 18.3 Å². The summed E-state index contributed by atoms with van der Waals surface area (Å²) in [5.74, 6) is 0.623. The van der Waals surface area contributed by atoms with Crippen LogP contribution in [0.25, 0.3) is 0 Å². The van der Waals surface area contributed by atoms with Crippen molar-refractivity contribution >= 4 is 21.7 Å². The fourth-order valence-corrected chi connectivity index (χ4v) is 2.78. The zero-order valence-corrected chi connectivity index (χ0v) is 11.2. The Morgan fingerprint density at radius 1 is 1.42 bits per heavy atom.